The molecule has 3 N–H and O–H groups in total. The Labute approximate surface area is 69.1 Å². The Morgan fingerprint density at radius 2 is 1.75 bits per heavy atom. The summed E-state index contributed by atoms with van der Waals surface area (Å²) in [6.45, 7) is 0. The smallest absolute Gasteiger partial charge is 0.213 e. The number of rotatable bonds is 0. The molecule has 0 aliphatic heterocycles. The lowest BCUT2D eigenvalue weighted by Gasteiger charge is -1.94. The molecule has 1 aliphatic rings. The molecule has 0 saturated heterocycles. The first-order valence-electron chi connectivity index (χ1n) is 3.54. The normalized spacial score (nSPS) is 15.2. The first-order valence-corrected chi connectivity index (χ1v) is 3.54. The van der Waals surface area contributed by atoms with Crippen LogP contribution in [-0.4, -0.2) is 10.9 Å². The van der Waals surface area contributed by atoms with Crippen LogP contribution in [0.2, 0.25) is 0 Å². The van der Waals surface area contributed by atoms with Crippen LogP contribution >= 0.6 is 0 Å². The van der Waals surface area contributed by atoms with Crippen molar-refractivity contribution in [2.45, 2.75) is 0 Å². The van der Waals surface area contributed by atoms with E-state index in [2.05, 4.69) is 0 Å². The Morgan fingerprint density at radius 3 is 2.33 bits per heavy atom. The molecule has 3 heteroatoms. The van der Waals surface area contributed by atoms with Crippen molar-refractivity contribution in [1.29, 1.82) is 0 Å². The number of ketones is 1. The fraction of sp³-hybridized carbons (Fsp3) is 0. The van der Waals surface area contributed by atoms with E-state index >= 15 is 0 Å². The Morgan fingerprint density at radius 1 is 1.17 bits per heavy atom. The number of benzene rings is 1. The second-order valence-corrected chi connectivity index (χ2v) is 2.64. The molecule has 0 bridgehead atoms. The molecule has 0 aromatic heterocycles. The zero-order valence-corrected chi connectivity index (χ0v) is 6.24. The van der Waals surface area contributed by atoms with E-state index in [9.17, 15) is 9.90 Å². The highest BCUT2D eigenvalue weighted by atomic mass is 16.3. The van der Waals surface area contributed by atoms with Crippen LogP contribution < -0.4 is 5.73 Å². The third kappa shape index (κ3) is 0.676. The number of aliphatic hydroxyl groups is 1. The van der Waals surface area contributed by atoms with Crippen molar-refractivity contribution < 1.29 is 9.90 Å². The molecule has 0 unspecified atom stereocenters. The lowest BCUT2D eigenvalue weighted by atomic mass is 10.1. The minimum absolute atomic E-state index is 0.0591. The Kier molecular flexibility index (Phi) is 1.21. The SMILES string of the molecule is NC1=C(O)c2ccccc2C1=O. The molecule has 1 aromatic carbocycles. The second-order valence-electron chi connectivity index (χ2n) is 2.64. The van der Waals surface area contributed by atoms with Crippen LogP contribution in [0.25, 0.3) is 5.76 Å². The first-order chi connectivity index (χ1) is 5.72. The summed E-state index contributed by atoms with van der Waals surface area (Å²) in [6, 6.07) is 6.81. The van der Waals surface area contributed by atoms with Crippen molar-refractivity contribution in [2.75, 3.05) is 0 Å². The minimum atomic E-state index is -0.289. The number of hydrogen-bond acceptors (Lipinski definition) is 3. The van der Waals surface area contributed by atoms with Gasteiger partial charge in [-0.05, 0) is 0 Å². The number of Topliss-reactive ketones (excluding diaryl/α,β-unsaturated/α-hetero) is 1. The highest BCUT2D eigenvalue weighted by molar-refractivity contribution is 6.18. The quantitative estimate of drug-likeness (QED) is 0.598. The Bertz CT molecular complexity index is 393. The summed E-state index contributed by atoms with van der Waals surface area (Å²) in [4.78, 5) is 11.3. The van der Waals surface area contributed by atoms with Crippen molar-refractivity contribution in [1.82, 2.24) is 0 Å². The van der Waals surface area contributed by atoms with E-state index in [1.54, 1.807) is 24.3 Å². The van der Waals surface area contributed by atoms with Crippen molar-refractivity contribution in [2.24, 2.45) is 5.73 Å². The van der Waals surface area contributed by atoms with Crippen LogP contribution in [-0.2, 0) is 0 Å². The zero-order chi connectivity index (χ0) is 8.72. The summed E-state index contributed by atoms with van der Waals surface area (Å²) in [5, 5.41) is 9.35. The van der Waals surface area contributed by atoms with Gasteiger partial charge in [-0.3, -0.25) is 4.79 Å². The maximum Gasteiger partial charge on any atom is 0.213 e. The van der Waals surface area contributed by atoms with Crippen molar-refractivity contribution in [3.05, 3.63) is 41.1 Å². The highest BCUT2D eigenvalue weighted by Gasteiger charge is 2.26. The molecule has 60 valence electrons. The second kappa shape index (κ2) is 2.11. The molecule has 0 radical (unpaired) electrons. The van der Waals surface area contributed by atoms with Crippen LogP contribution in [0.1, 0.15) is 15.9 Å². The maximum absolute atomic E-state index is 11.3. The van der Waals surface area contributed by atoms with Crippen LogP contribution in [0, 0.1) is 0 Å². The molecular weight excluding hydrogens is 154 g/mol. The number of carbonyl (C=O) groups excluding carboxylic acids is 1. The average Bonchev–Trinajstić information content (AvgIpc) is 2.33. The molecule has 0 atom stereocenters. The van der Waals surface area contributed by atoms with Gasteiger partial charge in [0.2, 0.25) is 5.78 Å². The molecule has 0 fully saturated rings. The largest absolute Gasteiger partial charge is 0.505 e. The molecule has 0 spiro atoms. The first kappa shape index (κ1) is 6.91. The van der Waals surface area contributed by atoms with E-state index in [0.29, 0.717) is 11.1 Å². The van der Waals surface area contributed by atoms with Gasteiger partial charge in [0.15, 0.2) is 0 Å². The van der Waals surface area contributed by atoms with Crippen molar-refractivity contribution >= 4 is 11.5 Å². The third-order valence-electron chi connectivity index (χ3n) is 1.93. The predicted octanol–water partition coefficient (Wildman–Crippen LogP) is 1.07. The molecule has 0 heterocycles. The van der Waals surface area contributed by atoms with Crippen LogP contribution in [0.15, 0.2) is 30.0 Å². The standard InChI is InChI=1S/C9H7NO2/c10-7-8(11)5-3-1-2-4-6(5)9(7)12/h1-4H,(H3,10,11,12). The molecule has 2 rings (SSSR count). The van der Waals surface area contributed by atoms with Gasteiger partial charge in [-0.15, -0.1) is 0 Å². The van der Waals surface area contributed by atoms with Gasteiger partial charge in [0.25, 0.3) is 0 Å². The summed E-state index contributed by atoms with van der Waals surface area (Å²) in [7, 11) is 0. The maximum atomic E-state index is 11.3. The van der Waals surface area contributed by atoms with Crippen molar-refractivity contribution in [3.8, 4) is 0 Å². The van der Waals surface area contributed by atoms with Crippen LogP contribution in [0.5, 0.6) is 0 Å². The number of allylic oxidation sites excluding steroid dienone is 1. The Balaban J connectivity index is 2.73. The number of aliphatic hydroxyl groups excluding tert-OH is 1. The molecule has 12 heavy (non-hydrogen) atoms. The average molecular weight is 161 g/mol. The van der Waals surface area contributed by atoms with Crippen LogP contribution in [0.3, 0.4) is 0 Å². The molecule has 0 saturated carbocycles. The summed E-state index contributed by atoms with van der Waals surface area (Å²) < 4.78 is 0. The fourth-order valence-corrected chi connectivity index (χ4v) is 1.29. The predicted molar refractivity (Wildman–Crippen MR) is 44.5 cm³/mol. The van der Waals surface area contributed by atoms with E-state index in [4.69, 9.17) is 5.73 Å². The summed E-state index contributed by atoms with van der Waals surface area (Å²) in [5.74, 6) is -0.390. The van der Waals surface area contributed by atoms with E-state index in [0.717, 1.165) is 0 Å². The van der Waals surface area contributed by atoms with E-state index in [-0.39, 0.29) is 17.2 Å². The van der Waals surface area contributed by atoms with E-state index in [1.165, 1.54) is 0 Å². The molecule has 1 aromatic rings. The minimum Gasteiger partial charge on any atom is -0.505 e. The lowest BCUT2D eigenvalue weighted by molar-refractivity contribution is 0.103. The molecule has 0 amide bonds. The van der Waals surface area contributed by atoms with Gasteiger partial charge in [-0.1, -0.05) is 24.3 Å². The van der Waals surface area contributed by atoms with E-state index in [1.807, 2.05) is 0 Å². The highest BCUT2D eigenvalue weighted by Crippen LogP contribution is 2.27. The van der Waals surface area contributed by atoms with Crippen LogP contribution in [0.4, 0.5) is 0 Å². The third-order valence-corrected chi connectivity index (χ3v) is 1.93. The monoisotopic (exact) mass is 161 g/mol. The topological polar surface area (TPSA) is 63.3 Å². The van der Waals surface area contributed by atoms with Gasteiger partial charge in [0.1, 0.15) is 11.5 Å². The molecular formula is C9H7NO2. The van der Waals surface area contributed by atoms with Crippen molar-refractivity contribution in [3.63, 3.8) is 0 Å². The number of nitrogens with two attached hydrogens (primary N) is 1. The summed E-state index contributed by atoms with van der Waals surface area (Å²) >= 11 is 0. The van der Waals surface area contributed by atoms with Gasteiger partial charge in [-0.2, -0.15) is 0 Å². The van der Waals surface area contributed by atoms with E-state index < -0.39 is 0 Å². The lowest BCUT2D eigenvalue weighted by Crippen LogP contribution is -2.07. The Hall–Kier alpha value is -1.77. The summed E-state index contributed by atoms with van der Waals surface area (Å²) in [5.41, 5.74) is 6.30. The fourth-order valence-electron chi connectivity index (χ4n) is 1.29. The van der Waals surface area contributed by atoms with Gasteiger partial charge < -0.3 is 10.8 Å². The molecule has 3 nitrogen and oxygen atoms in total. The zero-order valence-electron chi connectivity index (χ0n) is 6.24. The number of hydrogen-bond donors (Lipinski definition) is 2. The van der Waals surface area contributed by atoms with Gasteiger partial charge in [0.05, 0.1) is 0 Å². The number of fused-ring (bicyclic) bond motifs is 1. The molecule has 1 aliphatic carbocycles. The van der Waals surface area contributed by atoms with Gasteiger partial charge >= 0.3 is 0 Å². The number of carbonyl (C=O) groups is 1. The van der Waals surface area contributed by atoms with Gasteiger partial charge in [-0.25, -0.2) is 0 Å². The van der Waals surface area contributed by atoms with Gasteiger partial charge in [0, 0.05) is 11.1 Å². The summed E-state index contributed by atoms with van der Waals surface area (Å²) in [6.07, 6.45) is 0.